The maximum Gasteiger partial charge on any atom is 0.418 e. The standard InChI is InChI=1S/C13H11F3N2O/c1-8-4-2-3-5-10(8)18-12(19)11-9(6-7-17-11)13(14,15)16/h2-7,17H,1H3,(H,18,19). The molecule has 1 aromatic carbocycles. The number of nitrogens with one attached hydrogen (secondary N) is 2. The number of alkyl halides is 3. The minimum Gasteiger partial charge on any atom is -0.357 e. The van der Waals surface area contributed by atoms with Crippen molar-refractivity contribution in [2.24, 2.45) is 0 Å². The van der Waals surface area contributed by atoms with E-state index in [1.165, 1.54) is 0 Å². The van der Waals surface area contributed by atoms with E-state index in [1.54, 1.807) is 31.2 Å². The van der Waals surface area contributed by atoms with Gasteiger partial charge in [-0.3, -0.25) is 4.79 Å². The summed E-state index contributed by atoms with van der Waals surface area (Å²) in [6, 6.07) is 7.70. The minimum absolute atomic E-state index is 0.482. The molecule has 0 aliphatic carbocycles. The van der Waals surface area contributed by atoms with Gasteiger partial charge in [0.25, 0.3) is 5.91 Å². The largest absolute Gasteiger partial charge is 0.418 e. The average molecular weight is 268 g/mol. The van der Waals surface area contributed by atoms with Crippen molar-refractivity contribution in [3.63, 3.8) is 0 Å². The summed E-state index contributed by atoms with van der Waals surface area (Å²) in [7, 11) is 0. The predicted octanol–water partition coefficient (Wildman–Crippen LogP) is 3.59. The molecule has 1 heterocycles. The van der Waals surface area contributed by atoms with Crippen LogP contribution >= 0.6 is 0 Å². The van der Waals surface area contributed by atoms with E-state index in [9.17, 15) is 18.0 Å². The predicted molar refractivity (Wildman–Crippen MR) is 64.9 cm³/mol. The number of amides is 1. The highest BCUT2D eigenvalue weighted by Gasteiger charge is 2.36. The van der Waals surface area contributed by atoms with E-state index in [-0.39, 0.29) is 0 Å². The van der Waals surface area contributed by atoms with Crippen molar-refractivity contribution in [3.8, 4) is 0 Å². The van der Waals surface area contributed by atoms with E-state index in [4.69, 9.17) is 0 Å². The monoisotopic (exact) mass is 268 g/mol. The summed E-state index contributed by atoms with van der Waals surface area (Å²) in [5.74, 6) is -0.813. The molecule has 2 N–H and O–H groups in total. The summed E-state index contributed by atoms with van der Waals surface area (Å²) in [6.45, 7) is 1.76. The Hall–Kier alpha value is -2.24. The number of aromatic nitrogens is 1. The first-order valence-electron chi connectivity index (χ1n) is 5.51. The van der Waals surface area contributed by atoms with E-state index < -0.39 is 23.3 Å². The van der Waals surface area contributed by atoms with Gasteiger partial charge in [0.2, 0.25) is 0 Å². The van der Waals surface area contributed by atoms with E-state index in [0.29, 0.717) is 5.69 Å². The van der Waals surface area contributed by atoms with Crippen molar-refractivity contribution in [1.29, 1.82) is 0 Å². The number of aromatic amines is 1. The number of para-hydroxylation sites is 1. The highest BCUT2D eigenvalue weighted by atomic mass is 19.4. The zero-order valence-corrected chi connectivity index (χ0v) is 10.0. The first-order valence-corrected chi connectivity index (χ1v) is 5.51. The van der Waals surface area contributed by atoms with Crippen LogP contribution in [0.4, 0.5) is 18.9 Å². The fourth-order valence-electron chi connectivity index (χ4n) is 1.69. The number of halogens is 3. The molecule has 0 saturated carbocycles. The lowest BCUT2D eigenvalue weighted by molar-refractivity contribution is -0.137. The third-order valence-corrected chi connectivity index (χ3v) is 2.67. The van der Waals surface area contributed by atoms with Crippen LogP contribution < -0.4 is 5.32 Å². The summed E-state index contributed by atoms with van der Waals surface area (Å²) in [6.07, 6.45) is -3.46. The van der Waals surface area contributed by atoms with Crippen molar-refractivity contribution in [1.82, 2.24) is 4.98 Å². The molecular weight excluding hydrogens is 257 g/mol. The van der Waals surface area contributed by atoms with Gasteiger partial charge >= 0.3 is 6.18 Å². The van der Waals surface area contributed by atoms with Crippen LogP contribution in [0.5, 0.6) is 0 Å². The second-order valence-corrected chi connectivity index (χ2v) is 4.03. The maximum atomic E-state index is 12.7. The van der Waals surface area contributed by atoms with Crippen LogP contribution in [0.2, 0.25) is 0 Å². The fourth-order valence-corrected chi connectivity index (χ4v) is 1.69. The summed E-state index contributed by atoms with van der Waals surface area (Å²) < 4.78 is 38.0. The molecule has 6 heteroatoms. The Morgan fingerprint density at radius 2 is 1.89 bits per heavy atom. The van der Waals surface area contributed by atoms with Crippen LogP contribution in [-0.4, -0.2) is 10.9 Å². The zero-order valence-electron chi connectivity index (χ0n) is 10.0. The quantitative estimate of drug-likeness (QED) is 0.858. The molecule has 0 atom stereocenters. The molecule has 0 radical (unpaired) electrons. The lowest BCUT2D eigenvalue weighted by atomic mass is 10.2. The van der Waals surface area contributed by atoms with Crippen LogP contribution in [0, 0.1) is 6.92 Å². The number of carbonyl (C=O) groups is 1. The van der Waals surface area contributed by atoms with Gasteiger partial charge in [0.15, 0.2) is 0 Å². The molecule has 0 bridgehead atoms. The minimum atomic E-state index is -4.56. The Morgan fingerprint density at radius 1 is 1.21 bits per heavy atom. The molecule has 19 heavy (non-hydrogen) atoms. The Labute approximate surface area is 107 Å². The van der Waals surface area contributed by atoms with E-state index >= 15 is 0 Å². The molecule has 0 saturated heterocycles. The molecular formula is C13H11F3N2O. The molecule has 0 aliphatic rings. The topological polar surface area (TPSA) is 44.9 Å². The Balaban J connectivity index is 2.27. The Kier molecular flexibility index (Phi) is 3.33. The van der Waals surface area contributed by atoms with Crippen molar-refractivity contribution in [2.45, 2.75) is 13.1 Å². The van der Waals surface area contributed by atoms with Crippen LogP contribution in [-0.2, 0) is 6.18 Å². The van der Waals surface area contributed by atoms with E-state index in [1.807, 2.05) is 0 Å². The summed E-state index contributed by atoms with van der Waals surface area (Å²) >= 11 is 0. The Morgan fingerprint density at radius 3 is 2.53 bits per heavy atom. The zero-order chi connectivity index (χ0) is 14.0. The van der Waals surface area contributed by atoms with Gasteiger partial charge in [0.05, 0.1) is 5.56 Å². The molecule has 2 rings (SSSR count). The van der Waals surface area contributed by atoms with Gasteiger partial charge in [-0.05, 0) is 24.6 Å². The third-order valence-electron chi connectivity index (χ3n) is 2.67. The molecule has 1 aromatic heterocycles. The number of rotatable bonds is 2. The second-order valence-electron chi connectivity index (χ2n) is 4.03. The van der Waals surface area contributed by atoms with Crippen LogP contribution in [0.1, 0.15) is 21.6 Å². The van der Waals surface area contributed by atoms with Crippen molar-refractivity contribution >= 4 is 11.6 Å². The van der Waals surface area contributed by atoms with E-state index in [2.05, 4.69) is 10.3 Å². The van der Waals surface area contributed by atoms with Gasteiger partial charge < -0.3 is 10.3 Å². The van der Waals surface area contributed by atoms with Crippen LogP contribution in [0.25, 0.3) is 0 Å². The van der Waals surface area contributed by atoms with Gasteiger partial charge in [0.1, 0.15) is 5.69 Å². The lowest BCUT2D eigenvalue weighted by Gasteiger charge is -2.10. The number of anilines is 1. The number of aryl methyl sites for hydroxylation is 1. The SMILES string of the molecule is Cc1ccccc1NC(=O)c1[nH]ccc1C(F)(F)F. The first kappa shape index (κ1) is 13.2. The van der Waals surface area contributed by atoms with Crippen molar-refractivity contribution < 1.29 is 18.0 Å². The number of H-pyrrole nitrogens is 1. The summed E-state index contributed by atoms with van der Waals surface area (Å²) in [5.41, 5.74) is -0.208. The number of hydrogen-bond donors (Lipinski definition) is 2. The molecule has 0 unspecified atom stereocenters. The van der Waals surface area contributed by atoms with Crippen LogP contribution in [0.15, 0.2) is 36.5 Å². The van der Waals surface area contributed by atoms with Crippen molar-refractivity contribution in [2.75, 3.05) is 5.32 Å². The summed E-state index contributed by atoms with van der Waals surface area (Å²) in [4.78, 5) is 14.2. The van der Waals surface area contributed by atoms with Gasteiger partial charge in [-0.1, -0.05) is 18.2 Å². The fraction of sp³-hybridized carbons (Fsp3) is 0.154. The van der Waals surface area contributed by atoms with Gasteiger partial charge in [-0.15, -0.1) is 0 Å². The average Bonchev–Trinajstić information content (AvgIpc) is 2.81. The van der Waals surface area contributed by atoms with Gasteiger partial charge in [-0.25, -0.2) is 0 Å². The molecule has 1 amide bonds. The molecule has 100 valence electrons. The van der Waals surface area contributed by atoms with Gasteiger partial charge in [-0.2, -0.15) is 13.2 Å². The Bertz CT molecular complexity index is 602. The highest BCUT2D eigenvalue weighted by Crippen LogP contribution is 2.31. The normalized spacial score (nSPS) is 11.4. The molecule has 3 nitrogen and oxygen atoms in total. The van der Waals surface area contributed by atoms with Crippen LogP contribution in [0.3, 0.4) is 0 Å². The smallest absolute Gasteiger partial charge is 0.357 e. The molecule has 2 aromatic rings. The molecule has 0 fully saturated rings. The summed E-state index contributed by atoms with van der Waals surface area (Å²) in [5, 5.41) is 2.45. The van der Waals surface area contributed by atoms with Gasteiger partial charge in [0, 0.05) is 11.9 Å². The number of carbonyl (C=O) groups excluding carboxylic acids is 1. The third kappa shape index (κ3) is 2.78. The number of hydrogen-bond acceptors (Lipinski definition) is 1. The second kappa shape index (κ2) is 4.79. The highest BCUT2D eigenvalue weighted by molar-refractivity contribution is 6.04. The molecule has 0 spiro atoms. The lowest BCUT2D eigenvalue weighted by Crippen LogP contribution is -2.18. The van der Waals surface area contributed by atoms with Crippen molar-refractivity contribution in [3.05, 3.63) is 53.3 Å². The molecule has 0 aliphatic heterocycles. The first-order chi connectivity index (χ1) is 8.89. The maximum absolute atomic E-state index is 12.7. The number of benzene rings is 1. The van der Waals surface area contributed by atoms with E-state index in [0.717, 1.165) is 17.8 Å².